The molecule has 0 saturated heterocycles. The molecule has 0 radical (unpaired) electrons. The Balaban J connectivity index is 2.18. The number of fused-ring (bicyclic) bond motifs is 1. The molecule has 1 aliphatic carbocycles. The number of benzene rings is 1. The third kappa shape index (κ3) is 3.07. The van der Waals surface area contributed by atoms with Crippen molar-refractivity contribution >= 4 is 5.69 Å². The van der Waals surface area contributed by atoms with Crippen molar-refractivity contribution in [2.75, 3.05) is 0 Å². The van der Waals surface area contributed by atoms with Gasteiger partial charge in [0.05, 0.1) is 17.7 Å². The van der Waals surface area contributed by atoms with Gasteiger partial charge >= 0.3 is 6.18 Å². The number of aromatic nitrogens is 1. The van der Waals surface area contributed by atoms with E-state index in [4.69, 9.17) is 11.3 Å². The monoisotopic (exact) mass is 390 g/mol. The lowest BCUT2D eigenvalue weighted by Crippen LogP contribution is -2.23. The molecule has 1 aromatic heterocycles. The van der Waals surface area contributed by atoms with E-state index in [1.807, 2.05) is 0 Å². The highest BCUT2D eigenvalue weighted by Crippen LogP contribution is 2.58. The second-order valence-electron chi connectivity index (χ2n) is 5.92. The lowest BCUT2D eigenvalue weighted by molar-refractivity contribution is -0.139. The molecule has 10 heteroatoms. The number of hydrogen-bond acceptors (Lipinski definition) is 2. The molecule has 1 heterocycles. The summed E-state index contributed by atoms with van der Waals surface area (Å²) in [4.78, 5) is 6.30. The first-order valence-electron chi connectivity index (χ1n) is 7.44. The molecule has 3 rings (SSSR count). The molecule has 3 nitrogen and oxygen atoms in total. The molecule has 1 aliphatic rings. The van der Waals surface area contributed by atoms with Gasteiger partial charge in [-0.15, -0.1) is 0 Å². The highest BCUT2D eigenvalue weighted by Gasteiger charge is 2.58. The second kappa shape index (κ2) is 6.11. The number of ether oxygens (including phenoxy) is 1. The van der Waals surface area contributed by atoms with Gasteiger partial charge in [0, 0.05) is 18.2 Å². The number of rotatable bonds is 2. The molecule has 0 amide bonds. The van der Waals surface area contributed by atoms with Crippen LogP contribution in [-0.2, 0) is 6.18 Å². The van der Waals surface area contributed by atoms with Gasteiger partial charge in [-0.25, -0.2) is 27.4 Å². The maximum atomic E-state index is 14.3. The van der Waals surface area contributed by atoms with E-state index < -0.39 is 52.6 Å². The topological polar surface area (TPSA) is 26.5 Å². The summed E-state index contributed by atoms with van der Waals surface area (Å²) < 4.78 is 101. The minimum atomic E-state index is -5.03. The summed E-state index contributed by atoms with van der Waals surface area (Å²) in [5.41, 5.74) is -3.68. The molecule has 0 fully saturated rings. The van der Waals surface area contributed by atoms with Crippen LogP contribution in [0.15, 0.2) is 24.4 Å². The van der Waals surface area contributed by atoms with Crippen LogP contribution in [0.25, 0.3) is 4.85 Å². The highest BCUT2D eigenvalue weighted by molar-refractivity contribution is 5.54. The normalized spacial score (nSPS) is 20.9. The van der Waals surface area contributed by atoms with Crippen LogP contribution in [0, 0.1) is 12.4 Å². The van der Waals surface area contributed by atoms with Crippen LogP contribution in [0.5, 0.6) is 11.6 Å². The van der Waals surface area contributed by atoms with Crippen molar-refractivity contribution in [2.45, 2.75) is 31.1 Å². The fourth-order valence-electron chi connectivity index (χ4n) is 2.93. The lowest BCUT2D eigenvalue weighted by Gasteiger charge is -2.18. The standard InChI is InChI=1S/C17H9F7N2O/c1-7-12-11(17(22,23)24)6-26-15(13(12)14(19)16(7,20)21)27-10-4-8(18)3-9(5-10)25-2/h3-7,14H,1H3/t7-,14+/m0/s1. The number of halogens is 7. The molecule has 0 unspecified atom stereocenters. The number of pyridine rings is 1. The Bertz CT molecular complexity index is 950. The van der Waals surface area contributed by atoms with Gasteiger partial charge in [-0.1, -0.05) is 6.92 Å². The summed E-state index contributed by atoms with van der Waals surface area (Å²) in [6, 6.07) is 2.65. The highest BCUT2D eigenvalue weighted by atomic mass is 19.4. The maximum absolute atomic E-state index is 14.3. The average molecular weight is 390 g/mol. The quantitative estimate of drug-likeness (QED) is 0.442. The van der Waals surface area contributed by atoms with Crippen LogP contribution < -0.4 is 4.74 Å². The fourth-order valence-corrected chi connectivity index (χ4v) is 2.93. The van der Waals surface area contributed by atoms with E-state index in [1.54, 1.807) is 0 Å². The van der Waals surface area contributed by atoms with Crippen LogP contribution in [-0.4, -0.2) is 10.9 Å². The van der Waals surface area contributed by atoms with Crippen molar-refractivity contribution in [1.29, 1.82) is 0 Å². The van der Waals surface area contributed by atoms with E-state index in [1.165, 1.54) is 0 Å². The van der Waals surface area contributed by atoms with Gasteiger partial charge in [0.1, 0.15) is 11.6 Å². The molecule has 27 heavy (non-hydrogen) atoms. The molecule has 0 N–H and O–H groups in total. The van der Waals surface area contributed by atoms with Crippen molar-refractivity contribution in [2.24, 2.45) is 0 Å². The third-order valence-corrected chi connectivity index (χ3v) is 4.23. The van der Waals surface area contributed by atoms with Gasteiger partial charge in [-0.3, -0.25) is 0 Å². The SMILES string of the molecule is [C-]#[N+]c1cc(F)cc(Oc2ncc(C(F)(F)F)c3c2[C@@H](F)C(F)(F)[C@H]3C)c1. The zero-order chi connectivity index (χ0) is 20.1. The Hall–Kier alpha value is -2.83. The van der Waals surface area contributed by atoms with Crippen molar-refractivity contribution in [1.82, 2.24) is 4.98 Å². The second-order valence-corrected chi connectivity index (χ2v) is 5.92. The summed E-state index contributed by atoms with van der Waals surface area (Å²) in [7, 11) is 0. The molecule has 1 aromatic carbocycles. The molecule has 0 bridgehead atoms. The van der Waals surface area contributed by atoms with E-state index in [2.05, 4.69) is 9.83 Å². The molecule has 0 aliphatic heterocycles. The smallest absolute Gasteiger partial charge is 0.418 e. The van der Waals surface area contributed by atoms with E-state index in [0.29, 0.717) is 0 Å². The molecule has 0 spiro atoms. The molecule has 2 aromatic rings. The summed E-state index contributed by atoms with van der Waals surface area (Å²) in [6.07, 6.45) is -7.84. The Morgan fingerprint density at radius 3 is 2.44 bits per heavy atom. The molecule has 142 valence electrons. The first-order chi connectivity index (χ1) is 12.5. The Kier molecular flexibility index (Phi) is 4.29. The lowest BCUT2D eigenvalue weighted by atomic mass is 9.97. The number of nitrogens with zero attached hydrogens (tertiary/aromatic N) is 2. The van der Waals surface area contributed by atoms with Gasteiger partial charge < -0.3 is 4.74 Å². The average Bonchev–Trinajstić information content (AvgIpc) is 2.75. The third-order valence-electron chi connectivity index (χ3n) is 4.23. The summed E-state index contributed by atoms with van der Waals surface area (Å²) in [5, 5.41) is 0. The zero-order valence-electron chi connectivity index (χ0n) is 13.4. The van der Waals surface area contributed by atoms with E-state index in [-0.39, 0.29) is 17.6 Å². The van der Waals surface area contributed by atoms with E-state index >= 15 is 0 Å². The van der Waals surface area contributed by atoms with Crippen molar-refractivity contribution < 1.29 is 35.5 Å². The predicted octanol–water partition coefficient (Wildman–Crippen LogP) is 6.35. The van der Waals surface area contributed by atoms with Crippen LogP contribution >= 0.6 is 0 Å². The van der Waals surface area contributed by atoms with Gasteiger partial charge in [-0.05, 0) is 17.7 Å². The molecule has 2 atom stereocenters. The minimum absolute atomic E-state index is 0.205. The van der Waals surface area contributed by atoms with Gasteiger partial charge in [-0.2, -0.15) is 13.2 Å². The van der Waals surface area contributed by atoms with E-state index in [0.717, 1.165) is 25.1 Å². The van der Waals surface area contributed by atoms with Crippen LogP contribution in [0.4, 0.5) is 36.4 Å². The predicted molar refractivity (Wildman–Crippen MR) is 79.2 cm³/mol. The fraction of sp³-hybridized carbons (Fsp3) is 0.294. The van der Waals surface area contributed by atoms with Gasteiger partial charge in [0.25, 0.3) is 5.92 Å². The number of hydrogen-bond donors (Lipinski definition) is 0. The van der Waals surface area contributed by atoms with Crippen molar-refractivity contribution in [3.8, 4) is 11.6 Å². The Labute approximate surface area is 148 Å². The van der Waals surface area contributed by atoms with Crippen molar-refractivity contribution in [3.63, 3.8) is 0 Å². The first-order valence-corrected chi connectivity index (χ1v) is 7.44. The summed E-state index contributed by atoms with van der Waals surface area (Å²) in [6.45, 7) is 7.62. The zero-order valence-corrected chi connectivity index (χ0v) is 13.4. The largest absolute Gasteiger partial charge is 0.440 e. The van der Waals surface area contributed by atoms with Crippen LogP contribution in [0.1, 0.15) is 35.7 Å². The summed E-state index contributed by atoms with van der Waals surface area (Å²) >= 11 is 0. The summed E-state index contributed by atoms with van der Waals surface area (Å²) in [5.74, 6) is -8.30. The molecular formula is C17H9F7N2O. The first kappa shape index (κ1) is 18.9. The Morgan fingerprint density at radius 2 is 1.85 bits per heavy atom. The van der Waals surface area contributed by atoms with E-state index in [9.17, 15) is 30.7 Å². The van der Waals surface area contributed by atoms with Crippen LogP contribution in [0.2, 0.25) is 0 Å². The maximum Gasteiger partial charge on any atom is 0.418 e. The minimum Gasteiger partial charge on any atom is -0.440 e. The van der Waals surface area contributed by atoms with Gasteiger partial charge in [0.15, 0.2) is 11.9 Å². The number of alkyl halides is 6. The van der Waals surface area contributed by atoms with Crippen molar-refractivity contribution in [3.05, 3.63) is 58.3 Å². The molecular weight excluding hydrogens is 381 g/mol. The van der Waals surface area contributed by atoms with Crippen LogP contribution in [0.3, 0.4) is 0 Å². The molecule has 0 saturated carbocycles. The van der Waals surface area contributed by atoms with Gasteiger partial charge in [0.2, 0.25) is 5.88 Å². The Morgan fingerprint density at radius 1 is 1.19 bits per heavy atom.